The van der Waals surface area contributed by atoms with Gasteiger partial charge in [-0.3, -0.25) is 4.98 Å². The lowest BCUT2D eigenvalue weighted by atomic mass is 10.0. The summed E-state index contributed by atoms with van der Waals surface area (Å²) in [4.78, 5) is 4.46. The molecule has 0 aliphatic heterocycles. The van der Waals surface area contributed by atoms with Gasteiger partial charge in [-0.15, -0.1) is 0 Å². The molecule has 0 unspecified atom stereocenters. The second-order valence-corrected chi connectivity index (χ2v) is 5.91. The van der Waals surface area contributed by atoms with Crippen LogP contribution in [0.1, 0.15) is 30.5 Å². The van der Waals surface area contributed by atoms with Crippen molar-refractivity contribution in [2.45, 2.75) is 25.9 Å². The first-order valence-corrected chi connectivity index (χ1v) is 8.12. The molecule has 3 nitrogen and oxygen atoms in total. The van der Waals surface area contributed by atoms with E-state index in [2.05, 4.69) is 17.2 Å². The summed E-state index contributed by atoms with van der Waals surface area (Å²) in [6.07, 6.45) is 2.65. The molecule has 2 N–H and O–H groups in total. The standard InChI is InChI=1S/C19H19ClN2O/c1-2-17(14-7-3-4-8-18(14)23)22-12-15-16(20)10-9-13-6-5-11-21-19(13)15/h3-11,17,22-23H,2,12H2,1H3/t17-/m0/s1. The SMILES string of the molecule is CC[C@H](NCc1c(Cl)ccc2cccnc12)c1ccccc1O. The number of nitrogens with zero attached hydrogens (tertiary/aromatic N) is 1. The molecule has 0 fully saturated rings. The molecule has 2 aromatic carbocycles. The maximum Gasteiger partial charge on any atom is 0.120 e. The van der Waals surface area contributed by atoms with Crippen LogP contribution in [0.3, 0.4) is 0 Å². The van der Waals surface area contributed by atoms with Gasteiger partial charge in [0.2, 0.25) is 0 Å². The maximum atomic E-state index is 10.1. The second-order valence-electron chi connectivity index (χ2n) is 5.50. The third-order valence-electron chi connectivity index (χ3n) is 4.07. The number of rotatable bonds is 5. The Morgan fingerprint density at radius 2 is 1.96 bits per heavy atom. The smallest absolute Gasteiger partial charge is 0.120 e. The normalized spacial score (nSPS) is 12.4. The largest absolute Gasteiger partial charge is 0.508 e. The maximum absolute atomic E-state index is 10.1. The molecule has 0 saturated carbocycles. The molecule has 0 aliphatic rings. The number of para-hydroxylation sites is 1. The van der Waals surface area contributed by atoms with Crippen molar-refractivity contribution in [2.75, 3.05) is 0 Å². The average Bonchev–Trinajstić information content (AvgIpc) is 2.58. The lowest BCUT2D eigenvalue weighted by molar-refractivity contribution is 0.441. The van der Waals surface area contributed by atoms with Crippen molar-refractivity contribution in [1.82, 2.24) is 10.3 Å². The Morgan fingerprint density at radius 1 is 1.13 bits per heavy atom. The highest BCUT2D eigenvalue weighted by molar-refractivity contribution is 6.32. The summed E-state index contributed by atoms with van der Waals surface area (Å²) in [5, 5.41) is 15.3. The highest BCUT2D eigenvalue weighted by Gasteiger charge is 2.14. The summed E-state index contributed by atoms with van der Waals surface area (Å²) in [7, 11) is 0. The minimum absolute atomic E-state index is 0.0613. The highest BCUT2D eigenvalue weighted by atomic mass is 35.5. The van der Waals surface area contributed by atoms with Gasteiger partial charge in [0.15, 0.2) is 0 Å². The van der Waals surface area contributed by atoms with Gasteiger partial charge in [-0.1, -0.05) is 48.9 Å². The molecule has 23 heavy (non-hydrogen) atoms. The van der Waals surface area contributed by atoms with E-state index < -0.39 is 0 Å². The van der Waals surface area contributed by atoms with E-state index >= 15 is 0 Å². The number of aromatic hydroxyl groups is 1. The molecule has 0 radical (unpaired) electrons. The van der Waals surface area contributed by atoms with Crippen LogP contribution < -0.4 is 5.32 Å². The first-order chi connectivity index (χ1) is 11.2. The van der Waals surface area contributed by atoms with Crippen molar-refractivity contribution >= 4 is 22.5 Å². The summed E-state index contributed by atoms with van der Waals surface area (Å²) in [6.45, 7) is 2.69. The van der Waals surface area contributed by atoms with Gasteiger partial charge in [0, 0.05) is 40.3 Å². The van der Waals surface area contributed by atoms with Gasteiger partial charge < -0.3 is 10.4 Å². The predicted octanol–water partition coefficient (Wildman–Crippen LogP) is 4.83. The Balaban J connectivity index is 1.88. The van der Waals surface area contributed by atoms with Gasteiger partial charge in [-0.05, 0) is 24.6 Å². The van der Waals surface area contributed by atoms with E-state index in [0.29, 0.717) is 17.3 Å². The lowest BCUT2D eigenvalue weighted by Crippen LogP contribution is -2.20. The number of halogens is 1. The predicted molar refractivity (Wildman–Crippen MR) is 94.7 cm³/mol. The Kier molecular flexibility index (Phi) is 4.79. The summed E-state index contributed by atoms with van der Waals surface area (Å²) in [5.74, 6) is 0.314. The number of hydrogen-bond acceptors (Lipinski definition) is 3. The van der Waals surface area contributed by atoms with Gasteiger partial charge in [-0.2, -0.15) is 0 Å². The zero-order chi connectivity index (χ0) is 16.2. The zero-order valence-electron chi connectivity index (χ0n) is 13.0. The van der Waals surface area contributed by atoms with Crippen molar-refractivity contribution in [3.05, 3.63) is 70.9 Å². The topological polar surface area (TPSA) is 45.2 Å². The van der Waals surface area contributed by atoms with Crippen molar-refractivity contribution in [1.29, 1.82) is 0 Å². The number of aromatic nitrogens is 1. The minimum atomic E-state index is 0.0613. The van der Waals surface area contributed by atoms with E-state index in [9.17, 15) is 5.11 Å². The fourth-order valence-corrected chi connectivity index (χ4v) is 3.05. The Hall–Kier alpha value is -2.10. The van der Waals surface area contributed by atoms with Crippen LogP contribution in [-0.2, 0) is 6.54 Å². The molecular weight excluding hydrogens is 308 g/mol. The fraction of sp³-hybridized carbons (Fsp3) is 0.211. The summed E-state index contributed by atoms with van der Waals surface area (Å²) in [5.41, 5.74) is 2.80. The molecule has 0 spiro atoms. The Bertz CT molecular complexity index is 819. The molecule has 0 aliphatic carbocycles. The van der Waals surface area contributed by atoms with E-state index in [1.54, 1.807) is 12.3 Å². The molecule has 0 amide bonds. The van der Waals surface area contributed by atoms with E-state index in [1.807, 2.05) is 42.5 Å². The van der Waals surface area contributed by atoms with Gasteiger partial charge in [-0.25, -0.2) is 0 Å². The molecular formula is C19H19ClN2O. The van der Waals surface area contributed by atoms with Gasteiger partial charge >= 0.3 is 0 Å². The molecule has 0 bridgehead atoms. The number of benzene rings is 2. The van der Waals surface area contributed by atoms with Crippen LogP contribution in [0.5, 0.6) is 5.75 Å². The van der Waals surface area contributed by atoms with Gasteiger partial charge in [0.1, 0.15) is 5.75 Å². The van der Waals surface area contributed by atoms with Gasteiger partial charge in [0.25, 0.3) is 0 Å². The number of phenols is 1. The molecule has 3 aromatic rings. The third-order valence-corrected chi connectivity index (χ3v) is 4.42. The van der Waals surface area contributed by atoms with Crippen molar-refractivity contribution in [3.8, 4) is 5.75 Å². The number of hydrogen-bond donors (Lipinski definition) is 2. The summed E-state index contributed by atoms with van der Waals surface area (Å²) >= 11 is 6.38. The van der Waals surface area contributed by atoms with Crippen LogP contribution in [0.15, 0.2) is 54.7 Å². The molecule has 1 heterocycles. The molecule has 1 atom stereocenters. The number of phenolic OH excluding ortho intramolecular Hbond substituents is 1. The van der Waals surface area contributed by atoms with Crippen LogP contribution in [-0.4, -0.2) is 10.1 Å². The average molecular weight is 327 g/mol. The second kappa shape index (κ2) is 6.99. The van der Waals surface area contributed by atoms with Crippen LogP contribution in [0.25, 0.3) is 10.9 Å². The lowest BCUT2D eigenvalue weighted by Gasteiger charge is -2.19. The van der Waals surface area contributed by atoms with Crippen LogP contribution in [0, 0.1) is 0 Å². The van der Waals surface area contributed by atoms with Crippen molar-refractivity contribution in [3.63, 3.8) is 0 Å². The highest BCUT2D eigenvalue weighted by Crippen LogP contribution is 2.28. The first-order valence-electron chi connectivity index (χ1n) is 7.74. The quantitative estimate of drug-likeness (QED) is 0.705. The van der Waals surface area contributed by atoms with E-state index in [0.717, 1.165) is 28.5 Å². The fourth-order valence-electron chi connectivity index (χ4n) is 2.83. The monoisotopic (exact) mass is 326 g/mol. The zero-order valence-corrected chi connectivity index (χ0v) is 13.7. The minimum Gasteiger partial charge on any atom is -0.508 e. The van der Waals surface area contributed by atoms with Crippen molar-refractivity contribution < 1.29 is 5.11 Å². The Morgan fingerprint density at radius 3 is 2.74 bits per heavy atom. The number of pyridine rings is 1. The summed E-state index contributed by atoms with van der Waals surface area (Å²) in [6, 6.07) is 15.3. The Labute approximate surface area is 140 Å². The van der Waals surface area contributed by atoms with Crippen LogP contribution in [0.2, 0.25) is 5.02 Å². The molecule has 3 rings (SSSR count). The van der Waals surface area contributed by atoms with E-state index in [4.69, 9.17) is 11.6 Å². The van der Waals surface area contributed by atoms with E-state index in [1.165, 1.54) is 0 Å². The first kappa shape index (κ1) is 15.8. The number of nitrogens with one attached hydrogen (secondary N) is 1. The molecule has 118 valence electrons. The molecule has 1 aromatic heterocycles. The summed E-state index contributed by atoms with van der Waals surface area (Å²) < 4.78 is 0. The molecule has 0 saturated heterocycles. The van der Waals surface area contributed by atoms with E-state index in [-0.39, 0.29) is 6.04 Å². The van der Waals surface area contributed by atoms with Crippen LogP contribution in [0.4, 0.5) is 0 Å². The molecule has 4 heteroatoms. The van der Waals surface area contributed by atoms with Gasteiger partial charge in [0.05, 0.1) is 5.52 Å². The third kappa shape index (κ3) is 3.31. The van der Waals surface area contributed by atoms with Crippen LogP contribution >= 0.6 is 11.6 Å². The van der Waals surface area contributed by atoms with Crippen molar-refractivity contribution in [2.24, 2.45) is 0 Å². The number of fused-ring (bicyclic) bond motifs is 1.